The van der Waals surface area contributed by atoms with Crippen LogP contribution in [0.5, 0.6) is 0 Å². The van der Waals surface area contributed by atoms with Crippen LogP contribution in [0.15, 0.2) is 0 Å². The summed E-state index contributed by atoms with van der Waals surface area (Å²) >= 11 is 0. The third-order valence-corrected chi connectivity index (χ3v) is 5.58. The van der Waals surface area contributed by atoms with E-state index in [1.54, 1.807) is 0 Å². The molecule has 3 fully saturated rings. The Balaban J connectivity index is 1.73. The molecule has 3 aliphatic carbocycles. The zero-order valence-corrected chi connectivity index (χ0v) is 10.5. The lowest BCUT2D eigenvalue weighted by Gasteiger charge is -2.43. The maximum Gasteiger partial charge on any atom is 0.0175 e. The van der Waals surface area contributed by atoms with Crippen molar-refractivity contribution in [2.45, 2.75) is 58.9 Å². The van der Waals surface area contributed by atoms with Gasteiger partial charge in [-0.25, -0.2) is 0 Å². The van der Waals surface area contributed by atoms with Crippen LogP contribution in [0.1, 0.15) is 52.9 Å². The van der Waals surface area contributed by atoms with E-state index in [0.29, 0.717) is 10.8 Å². The van der Waals surface area contributed by atoms with Gasteiger partial charge in [-0.1, -0.05) is 20.8 Å². The first-order valence-corrected chi connectivity index (χ1v) is 6.76. The lowest BCUT2D eigenvalue weighted by molar-refractivity contribution is 0.108. The van der Waals surface area contributed by atoms with E-state index in [1.807, 2.05) is 0 Å². The van der Waals surface area contributed by atoms with Crippen molar-refractivity contribution in [1.82, 2.24) is 5.32 Å². The van der Waals surface area contributed by atoms with Crippen molar-refractivity contribution in [2.75, 3.05) is 6.54 Å². The third kappa shape index (κ3) is 1.46. The Morgan fingerprint density at radius 2 is 1.87 bits per heavy atom. The lowest BCUT2D eigenvalue weighted by Crippen LogP contribution is -2.50. The van der Waals surface area contributed by atoms with Gasteiger partial charge in [-0.15, -0.1) is 0 Å². The molecule has 0 amide bonds. The molecule has 0 aliphatic heterocycles. The number of fused-ring (bicyclic) bond motifs is 2. The first kappa shape index (κ1) is 10.1. The predicted octanol–water partition coefficient (Wildman–Crippen LogP) is 3.20. The highest BCUT2D eigenvalue weighted by Gasteiger charge is 2.59. The molecule has 3 rings (SSSR count). The van der Waals surface area contributed by atoms with Crippen molar-refractivity contribution >= 4 is 0 Å². The van der Waals surface area contributed by atoms with Crippen LogP contribution in [0.25, 0.3) is 0 Å². The van der Waals surface area contributed by atoms with Crippen LogP contribution in [0.4, 0.5) is 0 Å². The highest BCUT2D eigenvalue weighted by molar-refractivity contribution is 5.12. The summed E-state index contributed by atoms with van der Waals surface area (Å²) in [6, 6.07) is 0.782. The van der Waals surface area contributed by atoms with Gasteiger partial charge in [0.1, 0.15) is 0 Å². The van der Waals surface area contributed by atoms with Crippen LogP contribution in [-0.2, 0) is 0 Å². The highest BCUT2D eigenvalue weighted by Crippen LogP contribution is 2.62. The lowest BCUT2D eigenvalue weighted by atomic mass is 9.68. The molecule has 1 heteroatoms. The van der Waals surface area contributed by atoms with Crippen LogP contribution < -0.4 is 5.32 Å². The maximum absolute atomic E-state index is 3.91. The van der Waals surface area contributed by atoms with Crippen molar-refractivity contribution in [3.8, 4) is 0 Å². The second-order valence-corrected chi connectivity index (χ2v) is 7.20. The SMILES string of the molecule is CC12CCC(C1)C(C)(C)C2NCC1CC1. The Hall–Kier alpha value is -0.0400. The topological polar surface area (TPSA) is 12.0 Å². The Bertz CT molecular complexity index is 262. The minimum atomic E-state index is 0.544. The van der Waals surface area contributed by atoms with E-state index < -0.39 is 0 Å². The first-order chi connectivity index (χ1) is 7.02. The van der Waals surface area contributed by atoms with Gasteiger partial charge in [-0.05, 0) is 61.3 Å². The van der Waals surface area contributed by atoms with E-state index in [9.17, 15) is 0 Å². The molecule has 3 atom stereocenters. The molecular formula is C14H25N. The predicted molar refractivity (Wildman–Crippen MR) is 63.7 cm³/mol. The molecule has 0 saturated heterocycles. The Kier molecular flexibility index (Phi) is 2.03. The van der Waals surface area contributed by atoms with Crippen LogP contribution in [0.2, 0.25) is 0 Å². The van der Waals surface area contributed by atoms with Gasteiger partial charge in [0.15, 0.2) is 0 Å². The highest BCUT2D eigenvalue weighted by atomic mass is 15.0. The van der Waals surface area contributed by atoms with E-state index >= 15 is 0 Å². The van der Waals surface area contributed by atoms with Gasteiger partial charge in [0.05, 0.1) is 0 Å². The van der Waals surface area contributed by atoms with Crippen LogP contribution in [-0.4, -0.2) is 12.6 Å². The largest absolute Gasteiger partial charge is 0.313 e. The fourth-order valence-electron chi connectivity index (χ4n) is 4.42. The van der Waals surface area contributed by atoms with E-state index in [2.05, 4.69) is 26.1 Å². The summed E-state index contributed by atoms with van der Waals surface area (Å²) in [6.45, 7) is 8.79. The van der Waals surface area contributed by atoms with Crippen LogP contribution in [0.3, 0.4) is 0 Å². The van der Waals surface area contributed by atoms with E-state index in [4.69, 9.17) is 0 Å². The molecule has 15 heavy (non-hydrogen) atoms. The van der Waals surface area contributed by atoms with Gasteiger partial charge >= 0.3 is 0 Å². The summed E-state index contributed by atoms with van der Waals surface area (Å²) in [5, 5.41) is 3.91. The number of hydrogen-bond acceptors (Lipinski definition) is 1. The van der Waals surface area contributed by atoms with Gasteiger partial charge in [0.2, 0.25) is 0 Å². The first-order valence-electron chi connectivity index (χ1n) is 6.76. The second kappa shape index (κ2) is 3.00. The summed E-state index contributed by atoms with van der Waals surface area (Å²) < 4.78 is 0. The molecule has 1 N–H and O–H groups in total. The summed E-state index contributed by atoms with van der Waals surface area (Å²) in [6.07, 6.45) is 7.36. The smallest absolute Gasteiger partial charge is 0.0175 e. The molecule has 0 aromatic carbocycles. The molecular weight excluding hydrogens is 182 g/mol. The second-order valence-electron chi connectivity index (χ2n) is 7.20. The van der Waals surface area contributed by atoms with Gasteiger partial charge in [-0.2, -0.15) is 0 Å². The monoisotopic (exact) mass is 207 g/mol. The maximum atomic E-state index is 3.91. The molecule has 0 heterocycles. The Labute approximate surface area is 94.0 Å². The van der Waals surface area contributed by atoms with Gasteiger partial charge in [-0.3, -0.25) is 0 Å². The average Bonchev–Trinajstić information content (AvgIpc) is 2.84. The average molecular weight is 207 g/mol. The molecule has 0 aromatic heterocycles. The van der Waals surface area contributed by atoms with Crippen molar-refractivity contribution in [3.63, 3.8) is 0 Å². The fraction of sp³-hybridized carbons (Fsp3) is 1.00. The Morgan fingerprint density at radius 3 is 2.40 bits per heavy atom. The minimum Gasteiger partial charge on any atom is -0.313 e. The number of nitrogens with one attached hydrogen (secondary N) is 1. The van der Waals surface area contributed by atoms with Crippen molar-refractivity contribution < 1.29 is 0 Å². The van der Waals surface area contributed by atoms with Crippen LogP contribution >= 0.6 is 0 Å². The molecule has 86 valence electrons. The normalized spacial score (nSPS) is 47.4. The fourth-order valence-corrected chi connectivity index (χ4v) is 4.42. The van der Waals surface area contributed by atoms with Crippen molar-refractivity contribution in [2.24, 2.45) is 22.7 Å². The van der Waals surface area contributed by atoms with Crippen molar-refractivity contribution in [3.05, 3.63) is 0 Å². The van der Waals surface area contributed by atoms with Crippen LogP contribution in [0, 0.1) is 22.7 Å². The molecule has 0 spiro atoms. The molecule has 0 aromatic rings. The van der Waals surface area contributed by atoms with Crippen molar-refractivity contribution in [1.29, 1.82) is 0 Å². The van der Waals surface area contributed by atoms with Gasteiger partial charge in [0, 0.05) is 6.04 Å². The van der Waals surface area contributed by atoms with Gasteiger partial charge in [0.25, 0.3) is 0 Å². The molecule has 3 aliphatic rings. The summed E-state index contributed by atoms with van der Waals surface area (Å²) in [5.41, 5.74) is 1.16. The molecule has 1 nitrogen and oxygen atoms in total. The summed E-state index contributed by atoms with van der Waals surface area (Å²) in [7, 11) is 0. The minimum absolute atomic E-state index is 0.544. The van der Waals surface area contributed by atoms with E-state index in [-0.39, 0.29) is 0 Å². The number of hydrogen-bond donors (Lipinski definition) is 1. The standard InChI is InChI=1S/C14H25N/c1-13(2)11-6-7-14(3,8-11)12(13)15-9-10-4-5-10/h10-12,15H,4-9H2,1-3H3. The molecule has 2 bridgehead atoms. The molecule has 3 unspecified atom stereocenters. The quantitative estimate of drug-likeness (QED) is 0.749. The summed E-state index contributed by atoms with van der Waals surface area (Å²) in [4.78, 5) is 0. The summed E-state index contributed by atoms with van der Waals surface area (Å²) in [5.74, 6) is 2.00. The number of rotatable bonds is 3. The zero-order chi connectivity index (χ0) is 10.7. The molecule has 0 radical (unpaired) electrons. The molecule has 3 saturated carbocycles. The van der Waals surface area contributed by atoms with E-state index in [0.717, 1.165) is 17.9 Å². The Morgan fingerprint density at radius 1 is 1.13 bits per heavy atom. The van der Waals surface area contributed by atoms with E-state index in [1.165, 1.54) is 38.6 Å². The third-order valence-electron chi connectivity index (χ3n) is 5.58. The zero-order valence-electron chi connectivity index (χ0n) is 10.5. The van der Waals surface area contributed by atoms with Gasteiger partial charge < -0.3 is 5.32 Å².